The number of aliphatic carboxylic acids is 1. The fourth-order valence-electron chi connectivity index (χ4n) is 2.34. The molecule has 1 aliphatic rings. The Balaban J connectivity index is 2.24. The van der Waals surface area contributed by atoms with Gasteiger partial charge in [0.25, 0.3) is 5.91 Å². The van der Waals surface area contributed by atoms with Crippen LogP contribution in [0.4, 0.5) is 0 Å². The van der Waals surface area contributed by atoms with Gasteiger partial charge in [-0.3, -0.25) is 9.59 Å². The third-order valence-corrected chi connectivity index (χ3v) is 4.54. The third kappa shape index (κ3) is 2.71. The monoisotopic (exact) mass is 341 g/mol. The van der Waals surface area contributed by atoms with E-state index >= 15 is 0 Å². The Hall–Kier alpha value is -1.40. The number of carbonyl (C=O) groups excluding carboxylic acids is 1. The number of halogens is 1. The minimum atomic E-state index is -0.932. The fraction of sp³-hybridized carbons (Fsp3) is 0.429. The largest absolute Gasteiger partial charge is 0.481 e. The lowest BCUT2D eigenvalue weighted by Crippen LogP contribution is -2.44. The predicted molar refractivity (Wildman–Crippen MR) is 76.7 cm³/mol. The van der Waals surface area contributed by atoms with E-state index in [1.807, 2.05) is 13.0 Å². The van der Waals surface area contributed by atoms with Gasteiger partial charge in [0.15, 0.2) is 0 Å². The molecule has 20 heavy (non-hydrogen) atoms. The van der Waals surface area contributed by atoms with Crippen molar-refractivity contribution in [2.75, 3.05) is 20.3 Å². The molecule has 0 bridgehead atoms. The van der Waals surface area contributed by atoms with Crippen LogP contribution in [0.5, 0.6) is 0 Å². The van der Waals surface area contributed by atoms with Gasteiger partial charge in [-0.2, -0.15) is 0 Å². The van der Waals surface area contributed by atoms with E-state index < -0.39 is 17.9 Å². The molecule has 1 aliphatic heterocycles. The number of rotatable bonds is 3. The minimum absolute atomic E-state index is 0.148. The molecule has 1 amide bonds. The second-order valence-corrected chi connectivity index (χ2v) is 5.73. The topological polar surface area (TPSA) is 66.8 Å². The van der Waals surface area contributed by atoms with Crippen LogP contribution in [0.15, 0.2) is 22.7 Å². The van der Waals surface area contributed by atoms with Crippen LogP contribution in [-0.4, -0.2) is 48.2 Å². The van der Waals surface area contributed by atoms with E-state index in [0.29, 0.717) is 5.56 Å². The molecular weight excluding hydrogens is 326 g/mol. The second kappa shape index (κ2) is 5.93. The van der Waals surface area contributed by atoms with Crippen molar-refractivity contribution in [3.05, 3.63) is 33.8 Å². The van der Waals surface area contributed by atoms with Crippen molar-refractivity contribution >= 4 is 27.8 Å². The van der Waals surface area contributed by atoms with E-state index in [-0.39, 0.29) is 19.1 Å². The Bertz CT molecular complexity index is 546. The number of carboxylic acid groups (broad SMARTS) is 1. The van der Waals surface area contributed by atoms with E-state index in [9.17, 15) is 9.59 Å². The Morgan fingerprint density at radius 3 is 2.75 bits per heavy atom. The Morgan fingerprint density at radius 2 is 2.10 bits per heavy atom. The molecule has 1 N–H and O–H groups in total. The molecule has 1 saturated heterocycles. The van der Waals surface area contributed by atoms with Crippen LogP contribution < -0.4 is 0 Å². The maximum Gasteiger partial charge on any atom is 0.311 e. The second-order valence-electron chi connectivity index (χ2n) is 4.88. The molecule has 2 rings (SSSR count). The van der Waals surface area contributed by atoms with Crippen LogP contribution in [0.25, 0.3) is 0 Å². The predicted octanol–water partition coefficient (Wildman–Crippen LogP) is 1.93. The van der Waals surface area contributed by atoms with Gasteiger partial charge in [-0.1, -0.05) is 22.0 Å². The summed E-state index contributed by atoms with van der Waals surface area (Å²) < 4.78 is 6.06. The van der Waals surface area contributed by atoms with Gasteiger partial charge in [0.2, 0.25) is 0 Å². The highest BCUT2D eigenvalue weighted by atomic mass is 79.9. The van der Waals surface area contributed by atoms with Crippen LogP contribution in [0.3, 0.4) is 0 Å². The molecule has 1 aromatic rings. The van der Waals surface area contributed by atoms with Gasteiger partial charge in [-0.15, -0.1) is 0 Å². The van der Waals surface area contributed by atoms with Crippen molar-refractivity contribution < 1.29 is 19.4 Å². The number of nitrogens with zero attached hydrogens (tertiary/aromatic N) is 1. The van der Waals surface area contributed by atoms with Crippen molar-refractivity contribution in [2.24, 2.45) is 5.92 Å². The molecule has 108 valence electrons. The van der Waals surface area contributed by atoms with Crippen molar-refractivity contribution in [3.8, 4) is 0 Å². The van der Waals surface area contributed by atoms with Crippen LogP contribution in [-0.2, 0) is 9.53 Å². The van der Waals surface area contributed by atoms with Gasteiger partial charge in [-0.05, 0) is 24.6 Å². The smallest absolute Gasteiger partial charge is 0.311 e. The number of amides is 1. The highest BCUT2D eigenvalue weighted by Gasteiger charge is 2.38. The standard InChI is InChI=1S/C14H16BrNO4/c1-8-9(4-3-5-11(8)15)13(17)16(2)12-7-20-6-10(12)14(18)19/h3-5,10,12H,6-7H2,1-2H3,(H,18,19). The maximum atomic E-state index is 12.5. The average molecular weight is 342 g/mol. The molecule has 0 spiro atoms. The summed E-state index contributed by atoms with van der Waals surface area (Å²) in [5, 5.41) is 9.16. The fourth-order valence-corrected chi connectivity index (χ4v) is 2.71. The summed E-state index contributed by atoms with van der Waals surface area (Å²) in [6.45, 7) is 2.26. The summed E-state index contributed by atoms with van der Waals surface area (Å²) in [4.78, 5) is 25.2. The highest BCUT2D eigenvalue weighted by molar-refractivity contribution is 9.10. The lowest BCUT2D eigenvalue weighted by Gasteiger charge is -2.27. The van der Waals surface area contributed by atoms with E-state index in [4.69, 9.17) is 9.84 Å². The average Bonchev–Trinajstić information content (AvgIpc) is 2.89. The first-order chi connectivity index (χ1) is 9.43. The zero-order valence-corrected chi connectivity index (χ0v) is 12.9. The normalized spacial score (nSPS) is 21.8. The molecule has 0 aromatic heterocycles. The van der Waals surface area contributed by atoms with Gasteiger partial charge < -0.3 is 14.7 Å². The lowest BCUT2D eigenvalue weighted by molar-refractivity contribution is -0.142. The minimum Gasteiger partial charge on any atom is -0.481 e. The molecular formula is C14H16BrNO4. The van der Waals surface area contributed by atoms with Crippen LogP contribution >= 0.6 is 15.9 Å². The maximum absolute atomic E-state index is 12.5. The Morgan fingerprint density at radius 1 is 1.40 bits per heavy atom. The van der Waals surface area contributed by atoms with Gasteiger partial charge >= 0.3 is 5.97 Å². The van der Waals surface area contributed by atoms with Crippen molar-refractivity contribution in [3.63, 3.8) is 0 Å². The molecule has 2 atom stereocenters. The Kier molecular flexibility index (Phi) is 4.45. The van der Waals surface area contributed by atoms with Crippen LogP contribution in [0.2, 0.25) is 0 Å². The first-order valence-electron chi connectivity index (χ1n) is 6.26. The molecule has 1 heterocycles. The zero-order chi connectivity index (χ0) is 14.9. The number of hydrogen-bond acceptors (Lipinski definition) is 3. The number of likely N-dealkylation sites (N-methyl/N-ethyl adjacent to an activating group) is 1. The Labute approximate surface area is 125 Å². The summed E-state index contributed by atoms with van der Waals surface area (Å²) in [5.41, 5.74) is 1.41. The van der Waals surface area contributed by atoms with Gasteiger partial charge in [0.05, 0.1) is 19.3 Å². The molecule has 1 aromatic carbocycles. The first-order valence-corrected chi connectivity index (χ1v) is 7.05. The summed E-state index contributed by atoms with van der Waals surface area (Å²) in [6, 6.07) is 4.96. The van der Waals surface area contributed by atoms with Crippen molar-refractivity contribution in [2.45, 2.75) is 13.0 Å². The lowest BCUT2D eigenvalue weighted by atomic mass is 10.0. The van der Waals surface area contributed by atoms with E-state index in [1.165, 1.54) is 4.90 Å². The van der Waals surface area contributed by atoms with Gasteiger partial charge in [0.1, 0.15) is 5.92 Å². The van der Waals surface area contributed by atoms with E-state index in [2.05, 4.69) is 15.9 Å². The summed E-state index contributed by atoms with van der Waals surface area (Å²) >= 11 is 3.39. The van der Waals surface area contributed by atoms with E-state index in [0.717, 1.165) is 10.0 Å². The molecule has 6 heteroatoms. The first kappa shape index (κ1) is 15.0. The highest BCUT2D eigenvalue weighted by Crippen LogP contribution is 2.24. The SMILES string of the molecule is Cc1c(Br)cccc1C(=O)N(C)C1COCC1C(=O)O. The van der Waals surface area contributed by atoms with Gasteiger partial charge in [0, 0.05) is 17.1 Å². The summed E-state index contributed by atoms with van der Waals surface area (Å²) in [7, 11) is 1.62. The van der Waals surface area contributed by atoms with Crippen LogP contribution in [0.1, 0.15) is 15.9 Å². The number of ether oxygens (including phenoxy) is 1. The number of carbonyl (C=O) groups is 2. The zero-order valence-electron chi connectivity index (χ0n) is 11.3. The summed E-state index contributed by atoms with van der Waals surface area (Å²) in [5.74, 6) is -1.79. The summed E-state index contributed by atoms with van der Waals surface area (Å²) in [6.07, 6.45) is 0. The number of hydrogen-bond donors (Lipinski definition) is 1. The van der Waals surface area contributed by atoms with Crippen molar-refractivity contribution in [1.82, 2.24) is 4.90 Å². The molecule has 5 nitrogen and oxygen atoms in total. The molecule has 0 aliphatic carbocycles. The van der Waals surface area contributed by atoms with Gasteiger partial charge in [-0.25, -0.2) is 0 Å². The van der Waals surface area contributed by atoms with Crippen LogP contribution in [0, 0.1) is 12.8 Å². The molecule has 2 unspecified atom stereocenters. The third-order valence-electron chi connectivity index (χ3n) is 3.68. The number of carboxylic acids is 1. The molecule has 0 radical (unpaired) electrons. The molecule has 1 fully saturated rings. The quantitative estimate of drug-likeness (QED) is 0.912. The van der Waals surface area contributed by atoms with E-state index in [1.54, 1.807) is 19.2 Å². The number of benzene rings is 1. The van der Waals surface area contributed by atoms with Crippen molar-refractivity contribution in [1.29, 1.82) is 0 Å². The molecule has 0 saturated carbocycles.